The summed E-state index contributed by atoms with van der Waals surface area (Å²) in [4.78, 5) is 12.8. The Labute approximate surface area is 244 Å². The Morgan fingerprint density at radius 3 is 2.30 bits per heavy atom. The predicted octanol–water partition coefficient (Wildman–Crippen LogP) is 6.53. The van der Waals surface area contributed by atoms with Crippen molar-refractivity contribution in [2.45, 2.75) is 25.3 Å². The highest BCUT2D eigenvalue weighted by atomic mass is 35.5. The van der Waals surface area contributed by atoms with Crippen LogP contribution in [0.3, 0.4) is 0 Å². The Morgan fingerprint density at radius 2 is 1.62 bits per heavy atom. The van der Waals surface area contributed by atoms with Crippen LogP contribution in [0.1, 0.15) is 22.3 Å². The molecule has 0 saturated carbocycles. The lowest BCUT2D eigenvalue weighted by Gasteiger charge is -2.24. The zero-order valence-electron chi connectivity index (χ0n) is 21.8. The fourth-order valence-electron chi connectivity index (χ4n) is 3.70. The topological polar surface area (TPSA) is 88.1 Å². The van der Waals surface area contributed by atoms with Crippen LogP contribution in [0.15, 0.2) is 101 Å². The summed E-state index contributed by atoms with van der Waals surface area (Å²) in [7, 11) is -4.07. The van der Waals surface area contributed by atoms with Gasteiger partial charge in [0.05, 0.1) is 16.8 Å². The Hall–Kier alpha value is -3.85. The van der Waals surface area contributed by atoms with Crippen molar-refractivity contribution >= 4 is 51.0 Å². The molecule has 1 N–H and O–H groups in total. The van der Waals surface area contributed by atoms with Crippen molar-refractivity contribution in [1.82, 2.24) is 5.43 Å². The normalized spacial score (nSPS) is 11.4. The van der Waals surface area contributed by atoms with Gasteiger partial charge in [0.2, 0.25) is 0 Å². The summed E-state index contributed by atoms with van der Waals surface area (Å²) in [5.74, 6) is 0.0456. The fraction of sp³-hybridized carbons (Fsp3) is 0.133. The Morgan fingerprint density at radius 1 is 0.925 bits per heavy atom. The zero-order valence-corrected chi connectivity index (χ0v) is 24.2. The van der Waals surface area contributed by atoms with Crippen LogP contribution in [0.4, 0.5) is 5.69 Å². The standard InChI is InChI=1S/C30H27Cl2N3O4S/c1-21-7-12-26(17-22(21)2)35(40(37,38)28-15-10-25(31)11-16-28)19-30(36)34-33-18-23-8-13-27(14-9-23)39-20-24-5-3-4-6-29(24)32/h3-18H,19-20H2,1-2H3,(H,34,36)/b33-18-. The zero-order chi connectivity index (χ0) is 28.7. The molecule has 0 bridgehead atoms. The van der Waals surface area contributed by atoms with Gasteiger partial charge in [-0.25, -0.2) is 13.8 Å². The largest absolute Gasteiger partial charge is 0.489 e. The quantitative estimate of drug-likeness (QED) is 0.167. The third kappa shape index (κ3) is 7.41. The summed E-state index contributed by atoms with van der Waals surface area (Å²) in [6, 6.07) is 25.6. The molecule has 4 aromatic rings. The van der Waals surface area contributed by atoms with Gasteiger partial charge in [-0.15, -0.1) is 0 Å². The first-order valence-electron chi connectivity index (χ1n) is 12.3. The summed E-state index contributed by atoms with van der Waals surface area (Å²) < 4.78 is 33.9. The molecule has 1 amide bonds. The Balaban J connectivity index is 1.43. The number of rotatable bonds is 10. The Bertz CT molecular complexity index is 1620. The molecule has 40 heavy (non-hydrogen) atoms. The number of nitrogens with one attached hydrogen (secondary N) is 1. The maximum Gasteiger partial charge on any atom is 0.264 e. The average molecular weight is 597 g/mol. The van der Waals surface area contributed by atoms with Gasteiger partial charge in [-0.05, 0) is 97.3 Å². The molecular formula is C30H27Cl2N3O4S. The second-order valence-electron chi connectivity index (χ2n) is 8.98. The number of benzene rings is 4. The van der Waals surface area contributed by atoms with Gasteiger partial charge in [0.15, 0.2) is 0 Å². The third-order valence-electron chi connectivity index (χ3n) is 6.10. The molecule has 0 aromatic heterocycles. The molecule has 206 valence electrons. The van der Waals surface area contributed by atoms with E-state index < -0.39 is 22.5 Å². The fourth-order valence-corrected chi connectivity index (χ4v) is 5.43. The van der Waals surface area contributed by atoms with Crippen molar-refractivity contribution in [3.05, 3.63) is 123 Å². The van der Waals surface area contributed by atoms with E-state index in [4.69, 9.17) is 27.9 Å². The monoisotopic (exact) mass is 595 g/mol. The molecule has 0 spiro atoms. The van der Waals surface area contributed by atoms with Gasteiger partial charge in [0.25, 0.3) is 15.9 Å². The van der Waals surface area contributed by atoms with Gasteiger partial charge in [-0.1, -0.05) is 47.5 Å². The van der Waals surface area contributed by atoms with E-state index in [1.54, 1.807) is 36.4 Å². The molecule has 0 heterocycles. The van der Waals surface area contributed by atoms with Gasteiger partial charge in [-0.3, -0.25) is 9.10 Å². The van der Waals surface area contributed by atoms with E-state index in [2.05, 4.69) is 10.5 Å². The minimum absolute atomic E-state index is 0.0169. The average Bonchev–Trinajstić information content (AvgIpc) is 2.94. The van der Waals surface area contributed by atoms with Crippen LogP contribution in [0, 0.1) is 13.8 Å². The van der Waals surface area contributed by atoms with Crippen LogP contribution in [-0.4, -0.2) is 27.1 Å². The molecule has 0 saturated heterocycles. The summed E-state index contributed by atoms with van der Waals surface area (Å²) in [5.41, 5.74) is 6.27. The number of hydrogen-bond acceptors (Lipinski definition) is 5. The number of carbonyl (C=O) groups is 1. The number of hydrazone groups is 1. The first-order chi connectivity index (χ1) is 19.1. The minimum atomic E-state index is -4.07. The van der Waals surface area contributed by atoms with Gasteiger partial charge in [-0.2, -0.15) is 5.10 Å². The number of nitrogens with zero attached hydrogens (tertiary/aromatic N) is 2. The van der Waals surface area contributed by atoms with Crippen molar-refractivity contribution < 1.29 is 17.9 Å². The molecular weight excluding hydrogens is 569 g/mol. The highest BCUT2D eigenvalue weighted by Gasteiger charge is 2.27. The second-order valence-corrected chi connectivity index (χ2v) is 11.7. The van der Waals surface area contributed by atoms with E-state index in [-0.39, 0.29) is 4.90 Å². The lowest BCUT2D eigenvalue weighted by molar-refractivity contribution is -0.119. The van der Waals surface area contributed by atoms with Crippen LogP contribution < -0.4 is 14.5 Å². The summed E-state index contributed by atoms with van der Waals surface area (Å²) in [5, 5.41) is 5.04. The molecule has 0 fully saturated rings. The first kappa shape index (κ1) is 29.1. The first-order valence-corrected chi connectivity index (χ1v) is 14.5. The number of halogens is 2. The molecule has 0 radical (unpaired) electrons. The SMILES string of the molecule is Cc1ccc(N(CC(=O)N/N=C\c2ccc(OCc3ccccc3Cl)cc2)S(=O)(=O)c2ccc(Cl)cc2)cc1C. The van der Waals surface area contributed by atoms with Crippen molar-refractivity contribution in [2.75, 3.05) is 10.8 Å². The summed E-state index contributed by atoms with van der Waals surface area (Å²) in [6.07, 6.45) is 1.46. The van der Waals surface area contributed by atoms with E-state index in [1.165, 1.54) is 30.5 Å². The number of ether oxygens (including phenoxy) is 1. The van der Waals surface area contributed by atoms with Crippen molar-refractivity contribution in [3.8, 4) is 5.75 Å². The van der Waals surface area contributed by atoms with Gasteiger partial charge >= 0.3 is 0 Å². The van der Waals surface area contributed by atoms with Crippen LogP contribution in [0.2, 0.25) is 10.0 Å². The van der Waals surface area contributed by atoms with E-state index in [1.807, 2.05) is 44.2 Å². The van der Waals surface area contributed by atoms with E-state index in [9.17, 15) is 13.2 Å². The van der Waals surface area contributed by atoms with Crippen molar-refractivity contribution in [2.24, 2.45) is 5.10 Å². The van der Waals surface area contributed by atoms with E-state index >= 15 is 0 Å². The lowest BCUT2D eigenvalue weighted by Crippen LogP contribution is -2.39. The molecule has 0 aliphatic rings. The molecule has 4 aromatic carbocycles. The van der Waals surface area contributed by atoms with Gasteiger partial charge in [0.1, 0.15) is 18.9 Å². The van der Waals surface area contributed by atoms with E-state index in [0.29, 0.717) is 33.7 Å². The second kappa shape index (κ2) is 13.0. The van der Waals surface area contributed by atoms with Crippen LogP contribution >= 0.6 is 23.2 Å². The highest BCUT2D eigenvalue weighted by Crippen LogP contribution is 2.26. The molecule has 0 aliphatic heterocycles. The van der Waals surface area contributed by atoms with Crippen molar-refractivity contribution in [3.63, 3.8) is 0 Å². The molecule has 0 atom stereocenters. The highest BCUT2D eigenvalue weighted by molar-refractivity contribution is 7.92. The molecule has 10 heteroatoms. The van der Waals surface area contributed by atoms with E-state index in [0.717, 1.165) is 21.0 Å². The lowest BCUT2D eigenvalue weighted by atomic mass is 10.1. The molecule has 7 nitrogen and oxygen atoms in total. The predicted molar refractivity (Wildman–Crippen MR) is 160 cm³/mol. The maximum atomic E-state index is 13.5. The number of carbonyl (C=O) groups excluding carboxylic acids is 1. The molecule has 4 rings (SSSR count). The number of hydrogen-bond donors (Lipinski definition) is 1. The van der Waals surface area contributed by atoms with Crippen LogP contribution in [0.5, 0.6) is 5.75 Å². The van der Waals surface area contributed by atoms with Crippen LogP contribution in [0.25, 0.3) is 0 Å². The summed E-state index contributed by atoms with van der Waals surface area (Å²) in [6.45, 7) is 3.66. The maximum absolute atomic E-state index is 13.5. The molecule has 0 aliphatic carbocycles. The van der Waals surface area contributed by atoms with Crippen molar-refractivity contribution in [1.29, 1.82) is 0 Å². The van der Waals surface area contributed by atoms with Gasteiger partial charge in [0, 0.05) is 15.6 Å². The number of sulfonamides is 1. The number of anilines is 1. The summed E-state index contributed by atoms with van der Waals surface area (Å²) >= 11 is 12.1. The number of amides is 1. The third-order valence-corrected chi connectivity index (χ3v) is 8.51. The Kier molecular flexibility index (Phi) is 9.47. The smallest absolute Gasteiger partial charge is 0.264 e. The molecule has 0 unspecified atom stereocenters. The van der Waals surface area contributed by atoms with Gasteiger partial charge < -0.3 is 4.74 Å². The minimum Gasteiger partial charge on any atom is -0.489 e. The number of aryl methyl sites for hydroxylation is 2. The van der Waals surface area contributed by atoms with Crippen LogP contribution in [-0.2, 0) is 21.4 Å².